The molecule has 0 saturated heterocycles. The fourth-order valence-electron chi connectivity index (χ4n) is 2.09. The maximum absolute atomic E-state index is 13.8. The summed E-state index contributed by atoms with van der Waals surface area (Å²) in [6, 6.07) is 6.51. The van der Waals surface area contributed by atoms with Crippen LogP contribution in [0.25, 0.3) is 0 Å². The summed E-state index contributed by atoms with van der Waals surface area (Å²) in [7, 11) is 3.96. The van der Waals surface area contributed by atoms with Crippen molar-refractivity contribution in [1.82, 2.24) is 10.3 Å². The Hall–Kier alpha value is -0.970. The first-order valence-corrected chi connectivity index (χ1v) is 5.85. The van der Waals surface area contributed by atoms with Gasteiger partial charge < -0.3 is 4.90 Å². The fraction of sp³-hybridized carbons (Fsp3) is 0.538. The van der Waals surface area contributed by atoms with Gasteiger partial charge in [-0.3, -0.25) is 11.3 Å². The summed E-state index contributed by atoms with van der Waals surface area (Å²) in [5.41, 5.74) is 3.12. The predicted molar refractivity (Wildman–Crippen MR) is 68.8 cm³/mol. The van der Waals surface area contributed by atoms with E-state index >= 15 is 0 Å². The van der Waals surface area contributed by atoms with Gasteiger partial charge in [0.05, 0.1) is 6.04 Å². The molecule has 4 heteroatoms. The summed E-state index contributed by atoms with van der Waals surface area (Å²) >= 11 is 0. The highest BCUT2D eigenvalue weighted by atomic mass is 19.1. The number of benzene rings is 1. The maximum atomic E-state index is 13.8. The molecule has 0 aliphatic carbocycles. The van der Waals surface area contributed by atoms with E-state index in [-0.39, 0.29) is 17.4 Å². The summed E-state index contributed by atoms with van der Waals surface area (Å²) in [5.74, 6) is 5.40. The number of rotatable bonds is 5. The van der Waals surface area contributed by atoms with Crippen molar-refractivity contribution in [3.8, 4) is 0 Å². The number of nitrogens with two attached hydrogens (primary N) is 1. The zero-order valence-corrected chi connectivity index (χ0v) is 11.0. The van der Waals surface area contributed by atoms with Crippen molar-refractivity contribution < 1.29 is 4.39 Å². The van der Waals surface area contributed by atoms with Crippen molar-refractivity contribution in [2.75, 3.05) is 14.1 Å². The van der Waals surface area contributed by atoms with Crippen molar-refractivity contribution in [2.24, 2.45) is 5.84 Å². The van der Waals surface area contributed by atoms with Gasteiger partial charge in [0, 0.05) is 11.1 Å². The molecule has 0 radical (unpaired) electrons. The first kappa shape index (κ1) is 14.1. The lowest BCUT2D eigenvalue weighted by Gasteiger charge is -2.42. The first-order valence-electron chi connectivity index (χ1n) is 5.85. The summed E-state index contributed by atoms with van der Waals surface area (Å²) in [5, 5.41) is 0. The third-order valence-electron chi connectivity index (χ3n) is 3.74. The standard InChI is InChI=1S/C13H22FN3/c1-5-13(2,17(3)4)12(16-15)10-8-6-7-9-11(10)14/h6-9,12,16H,5,15H2,1-4H3. The molecule has 2 unspecified atom stereocenters. The topological polar surface area (TPSA) is 41.3 Å². The molecule has 0 aliphatic rings. The van der Waals surface area contributed by atoms with Crippen molar-refractivity contribution >= 4 is 0 Å². The smallest absolute Gasteiger partial charge is 0.128 e. The molecule has 17 heavy (non-hydrogen) atoms. The van der Waals surface area contributed by atoms with E-state index in [0.29, 0.717) is 5.56 Å². The molecule has 0 aromatic heterocycles. The van der Waals surface area contributed by atoms with Crippen molar-refractivity contribution in [1.29, 1.82) is 0 Å². The van der Waals surface area contributed by atoms with E-state index in [4.69, 9.17) is 5.84 Å². The van der Waals surface area contributed by atoms with E-state index in [1.165, 1.54) is 6.07 Å². The van der Waals surface area contributed by atoms with E-state index < -0.39 is 0 Å². The normalized spacial score (nSPS) is 16.9. The van der Waals surface area contributed by atoms with Gasteiger partial charge >= 0.3 is 0 Å². The van der Waals surface area contributed by atoms with Gasteiger partial charge in [0.25, 0.3) is 0 Å². The van der Waals surface area contributed by atoms with Crippen LogP contribution in [0.5, 0.6) is 0 Å². The average Bonchev–Trinajstić information content (AvgIpc) is 2.31. The summed E-state index contributed by atoms with van der Waals surface area (Å²) in [4.78, 5) is 2.07. The number of likely N-dealkylation sites (N-methyl/N-ethyl adjacent to an activating group) is 1. The Morgan fingerprint density at radius 1 is 1.41 bits per heavy atom. The van der Waals surface area contributed by atoms with E-state index in [2.05, 4.69) is 24.2 Å². The number of nitrogens with one attached hydrogen (secondary N) is 1. The highest BCUT2D eigenvalue weighted by Crippen LogP contribution is 2.33. The third kappa shape index (κ3) is 2.65. The van der Waals surface area contributed by atoms with E-state index in [1.807, 2.05) is 20.2 Å². The molecule has 1 aromatic carbocycles. The van der Waals surface area contributed by atoms with Crippen LogP contribution in [-0.2, 0) is 0 Å². The first-order chi connectivity index (χ1) is 7.97. The monoisotopic (exact) mass is 239 g/mol. The molecular formula is C13H22FN3. The van der Waals surface area contributed by atoms with Crippen LogP contribution in [0.1, 0.15) is 31.9 Å². The Morgan fingerprint density at radius 3 is 2.41 bits per heavy atom. The Kier molecular flexibility index (Phi) is 4.62. The van der Waals surface area contributed by atoms with Crippen LogP contribution in [0.15, 0.2) is 24.3 Å². The number of hydrazine groups is 1. The van der Waals surface area contributed by atoms with Gasteiger partial charge in [-0.05, 0) is 33.5 Å². The van der Waals surface area contributed by atoms with Crippen molar-refractivity contribution in [3.63, 3.8) is 0 Å². The summed E-state index contributed by atoms with van der Waals surface area (Å²) in [6.45, 7) is 4.15. The van der Waals surface area contributed by atoms with Crippen LogP contribution in [-0.4, -0.2) is 24.5 Å². The SMILES string of the molecule is CCC(C)(C(NN)c1ccccc1F)N(C)C. The van der Waals surface area contributed by atoms with Crippen molar-refractivity contribution in [3.05, 3.63) is 35.6 Å². The number of hydrogen-bond acceptors (Lipinski definition) is 3. The highest BCUT2D eigenvalue weighted by Gasteiger charge is 2.36. The maximum Gasteiger partial charge on any atom is 0.128 e. The van der Waals surface area contributed by atoms with Gasteiger partial charge in [-0.1, -0.05) is 25.1 Å². The van der Waals surface area contributed by atoms with Gasteiger partial charge in [0.15, 0.2) is 0 Å². The van der Waals surface area contributed by atoms with Gasteiger partial charge in [0.2, 0.25) is 0 Å². The number of halogens is 1. The zero-order chi connectivity index (χ0) is 13.1. The lowest BCUT2D eigenvalue weighted by molar-refractivity contribution is 0.111. The number of nitrogens with zero attached hydrogens (tertiary/aromatic N) is 1. The highest BCUT2D eigenvalue weighted by molar-refractivity contribution is 5.24. The largest absolute Gasteiger partial charge is 0.302 e. The van der Waals surface area contributed by atoms with Gasteiger partial charge in [-0.25, -0.2) is 4.39 Å². The van der Waals surface area contributed by atoms with Crippen LogP contribution in [0.4, 0.5) is 4.39 Å². The summed E-state index contributed by atoms with van der Waals surface area (Å²) < 4.78 is 13.8. The summed E-state index contributed by atoms with van der Waals surface area (Å²) in [6.07, 6.45) is 0.864. The van der Waals surface area contributed by atoms with Gasteiger partial charge in [-0.2, -0.15) is 0 Å². The Morgan fingerprint density at radius 2 is 2.00 bits per heavy atom. The Balaban J connectivity index is 3.19. The molecule has 0 amide bonds. The molecule has 3 nitrogen and oxygen atoms in total. The molecule has 2 atom stereocenters. The predicted octanol–water partition coefficient (Wildman–Crippen LogP) is 2.06. The minimum Gasteiger partial charge on any atom is -0.302 e. The lowest BCUT2D eigenvalue weighted by atomic mass is 9.83. The molecule has 3 N–H and O–H groups in total. The van der Waals surface area contributed by atoms with Crippen molar-refractivity contribution in [2.45, 2.75) is 31.8 Å². The molecule has 1 aromatic rings. The minimum atomic E-state index is -0.247. The molecule has 0 saturated carbocycles. The molecule has 1 rings (SSSR count). The molecule has 96 valence electrons. The molecule has 0 bridgehead atoms. The Labute approximate surface area is 103 Å². The van der Waals surface area contributed by atoms with Crippen LogP contribution in [0.2, 0.25) is 0 Å². The van der Waals surface area contributed by atoms with E-state index in [0.717, 1.165) is 6.42 Å². The second-order valence-corrected chi connectivity index (χ2v) is 4.73. The molecule has 0 heterocycles. The Bertz CT molecular complexity index is 367. The van der Waals surface area contributed by atoms with E-state index in [1.54, 1.807) is 12.1 Å². The second-order valence-electron chi connectivity index (χ2n) is 4.73. The second kappa shape index (κ2) is 5.58. The van der Waals surface area contributed by atoms with Gasteiger partial charge in [-0.15, -0.1) is 0 Å². The molecular weight excluding hydrogens is 217 g/mol. The van der Waals surface area contributed by atoms with Gasteiger partial charge in [0.1, 0.15) is 5.82 Å². The minimum absolute atomic E-state index is 0.225. The zero-order valence-electron chi connectivity index (χ0n) is 11.0. The molecule has 0 fully saturated rings. The number of hydrogen-bond donors (Lipinski definition) is 2. The molecule has 0 spiro atoms. The van der Waals surface area contributed by atoms with Crippen LogP contribution < -0.4 is 11.3 Å². The lowest BCUT2D eigenvalue weighted by Crippen LogP contribution is -2.53. The molecule has 0 aliphatic heterocycles. The quantitative estimate of drug-likeness (QED) is 0.610. The fourth-order valence-corrected chi connectivity index (χ4v) is 2.09. The van der Waals surface area contributed by atoms with Crippen LogP contribution in [0, 0.1) is 5.82 Å². The average molecular weight is 239 g/mol. The van der Waals surface area contributed by atoms with Crippen LogP contribution >= 0.6 is 0 Å². The van der Waals surface area contributed by atoms with E-state index in [9.17, 15) is 4.39 Å². The third-order valence-corrected chi connectivity index (χ3v) is 3.74. The van der Waals surface area contributed by atoms with Crippen LogP contribution in [0.3, 0.4) is 0 Å².